The van der Waals surface area contributed by atoms with Crippen LogP contribution in [0.15, 0.2) is 47.6 Å². The molecule has 2 amide bonds. The summed E-state index contributed by atoms with van der Waals surface area (Å²) >= 11 is 6.01. The second kappa shape index (κ2) is 9.58. The van der Waals surface area contributed by atoms with Gasteiger partial charge in [0.1, 0.15) is 5.75 Å². The highest BCUT2D eigenvalue weighted by molar-refractivity contribution is 6.31. The summed E-state index contributed by atoms with van der Waals surface area (Å²) in [6, 6.07) is 12.5. The third-order valence-corrected chi connectivity index (χ3v) is 4.05. The van der Waals surface area contributed by atoms with Crippen molar-refractivity contribution in [1.29, 1.82) is 0 Å². The van der Waals surface area contributed by atoms with E-state index in [4.69, 9.17) is 16.3 Å². The third kappa shape index (κ3) is 5.89. The Hall–Kier alpha value is -2.86. The molecule has 0 saturated heterocycles. The molecule has 0 aromatic heterocycles. The Morgan fingerprint density at radius 1 is 1.12 bits per heavy atom. The average Bonchev–Trinajstić information content (AvgIpc) is 2.64. The molecule has 0 spiro atoms. The lowest BCUT2D eigenvalue weighted by atomic mass is 10.2. The van der Waals surface area contributed by atoms with Gasteiger partial charge in [0, 0.05) is 23.6 Å². The highest BCUT2D eigenvalue weighted by atomic mass is 35.5. The number of nitrogens with zero attached hydrogens (tertiary/aromatic N) is 1. The van der Waals surface area contributed by atoms with E-state index >= 15 is 0 Å². The number of benzene rings is 2. The first-order valence-electron chi connectivity index (χ1n) is 8.00. The molecule has 0 aliphatic rings. The molecule has 6 nitrogen and oxygen atoms in total. The number of halogens is 1. The molecular weight excluding hydrogens is 354 g/mol. The van der Waals surface area contributed by atoms with Gasteiger partial charge in [0.15, 0.2) is 0 Å². The monoisotopic (exact) mass is 373 g/mol. The van der Waals surface area contributed by atoms with Crippen molar-refractivity contribution in [2.45, 2.75) is 19.8 Å². The third-order valence-electron chi connectivity index (χ3n) is 3.64. The molecule has 26 heavy (non-hydrogen) atoms. The minimum Gasteiger partial charge on any atom is -0.497 e. The standard InChI is InChI=1S/C19H20ClN3O3/c1-13-16(20)4-3-5-17(13)22-18(24)10-11-19(25)23-21-12-14-6-8-15(26-2)9-7-14/h3-9,12H,10-11H2,1-2H3,(H,22,24)(H,23,25)/b21-12+. The first-order chi connectivity index (χ1) is 12.5. The number of carbonyl (C=O) groups excluding carboxylic acids is 2. The van der Waals surface area contributed by atoms with Crippen molar-refractivity contribution in [2.24, 2.45) is 5.10 Å². The van der Waals surface area contributed by atoms with E-state index in [1.54, 1.807) is 37.4 Å². The minimum absolute atomic E-state index is 0.0331. The maximum absolute atomic E-state index is 12.0. The van der Waals surface area contributed by atoms with Crippen molar-refractivity contribution in [1.82, 2.24) is 5.43 Å². The predicted molar refractivity (Wildman–Crippen MR) is 103 cm³/mol. The number of methoxy groups -OCH3 is 1. The molecule has 0 atom stereocenters. The zero-order valence-electron chi connectivity index (χ0n) is 14.6. The van der Waals surface area contributed by atoms with Crippen LogP contribution in [0.25, 0.3) is 0 Å². The van der Waals surface area contributed by atoms with Gasteiger partial charge in [-0.05, 0) is 54.4 Å². The molecule has 0 saturated carbocycles. The maximum Gasteiger partial charge on any atom is 0.240 e. The van der Waals surface area contributed by atoms with E-state index in [1.165, 1.54) is 6.21 Å². The molecule has 0 unspecified atom stereocenters. The molecule has 0 radical (unpaired) electrons. The Morgan fingerprint density at radius 3 is 2.50 bits per heavy atom. The molecule has 2 N–H and O–H groups in total. The average molecular weight is 374 g/mol. The predicted octanol–water partition coefficient (Wildman–Crippen LogP) is 3.53. The molecule has 2 aromatic carbocycles. The first-order valence-corrected chi connectivity index (χ1v) is 8.38. The lowest BCUT2D eigenvalue weighted by molar-refractivity contribution is -0.124. The van der Waals surface area contributed by atoms with Gasteiger partial charge in [-0.25, -0.2) is 5.43 Å². The molecule has 136 valence electrons. The first kappa shape index (κ1) is 19.5. The number of nitrogens with one attached hydrogen (secondary N) is 2. The second-order valence-electron chi connectivity index (χ2n) is 5.53. The van der Waals surface area contributed by atoms with Crippen LogP contribution in [-0.2, 0) is 9.59 Å². The molecule has 0 bridgehead atoms. The molecule has 0 aliphatic carbocycles. The summed E-state index contributed by atoms with van der Waals surface area (Å²) in [7, 11) is 1.59. The van der Waals surface area contributed by atoms with E-state index in [0.717, 1.165) is 16.9 Å². The van der Waals surface area contributed by atoms with Crippen molar-refractivity contribution in [3.8, 4) is 5.75 Å². The topological polar surface area (TPSA) is 79.8 Å². The van der Waals surface area contributed by atoms with E-state index < -0.39 is 0 Å². The van der Waals surface area contributed by atoms with E-state index in [9.17, 15) is 9.59 Å². The van der Waals surface area contributed by atoms with Crippen LogP contribution in [-0.4, -0.2) is 25.1 Å². The van der Waals surface area contributed by atoms with E-state index in [0.29, 0.717) is 10.7 Å². The number of amides is 2. The lowest BCUT2D eigenvalue weighted by Crippen LogP contribution is -2.20. The van der Waals surface area contributed by atoms with Gasteiger partial charge in [-0.1, -0.05) is 17.7 Å². The fourth-order valence-corrected chi connectivity index (χ4v) is 2.28. The maximum atomic E-state index is 12.0. The number of rotatable bonds is 7. The van der Waals surface area contributed by atoms with Crippen LogP contribution in [0.5, 0.6) is 5.75 Å². The molecular formula is C19H20ClN3O3. The van der Waals surface area contributed by atoms with Crippen molar-refractivity contribution in [3.63, 3.8) is 0 Å². The van der Waals surface area contributed by atoms with Gasteiger partial charge in [0.2, 0.25) is 11.8 Å². The zero-order chi connectivity index (χ0) is 18.9. The Bertz CT molecular complexity index is 804. The Morgan fingerprint density at radius 2 is 1.81 bits per heavy atom. The quantitative estimate of drug-likeness (QED) is 0.575. The largest absolute Gasteiger partial charge is 0.497 e. The summed E-state index contributed by atoms with van der Waals surface area (Å²) in [6.45, 7) is 1.82. The number of hydrogen-bond acceptors (Lipinski definition) is 4. The van der Waals surface area contributed by atoms with E-state index in [2.05, 4.69) is 15.8 Å². The molecule has 0 heterocycles. The normalized spacial score (nSPS) is 10.6. The van der Waals surface area contributed by atoms with E-state index in [1.807, 2.05) is 19.1 Å². The van der Waals surface area contributed by atoms with E-state index in [-0.39, 0.29) is 24.7 Å². The van der Waals surface area contributed by atoms with Crippen LogP contribution in [0.3, 0.4) is 0 Å². The summed E-state index contributed by atoms with van der Waals surface area (Å²) in [4.78, 5) is 23.7. The smallest absolute Gasteiger partial charge is 0.240 e. The fraction of sp³-hybridized carbons (Fsp3) is 0.211. The molecule has 7 heteroatoms. The number of hydrazone groups is 1. The molecule has 0 aliphatic heterocycles. The van der Waals surface area contributed by atoms with Gasteiger partial charge in [-0.15, -0.1) is 0 Å². The Labute approximate surface area is 157 Å². The molecule has 0 fully saturated rings. The Kier molecular flexibility index (Phi) is 7.17. The summed E-state index contributed by atoms with van der Waals surface area (Å²) < 4.78 is 5.06. The van der Waals surface area contributed by atoms with Crippen molar-refractivity contribution in [3.05, 3.63) is 58.6 Å². The number of anilines is 1. The molecule has 2 aromatic rings. The van der Waals surface area contributed by atoms with Crippen molar-refractivity contribution in [2.75, 3.05) is 12.4 Å². The van der Waals surface area contributed by atoms with Crippen LogP contribution in [0, 0.1) is 6.92 Å². The van der Waals surface area contributed by atoms with Crippen LogP contribution in [0.1, 0.15) is 24.0 Å². The fourth-order valence-electron chi connectivity index (χ4n) is 2.11. The van der Waals surface area contributed by atoms with Crippen LogP contribution in [0.4, 0.5) is 5.69 Å². The van der Waals surface area contributed by atoms with Gasteiger partial charge in [0.25, 0.3) is 0 Å². The highest BCUT2D eigenvalue weighted by Gasteiger charge is 2.09. The number of ether oxygens (including phenoxy) is 1. The van der Waals surface area contributed by atoms with Gasteiger partial charge in [0.05, 0.1) is 13.3 Å². The number of hydrogen-bond donors (Lipinski definition) is 2. The molecule has 2 rings (SSSR count). The van der Waals surface area contributed by atoms with Crippen LogP contribution < -0.4 is 15.5 Å². The summed E-state index contributed by atoms with van der Waals surface area (Å²) in [6.07, 6.45) is 1.61. The van der Waals surface area contributed by atoms with Crippen molar-refractivity contribution >= 4 is 35.3 Å². The van der Waals surface area contributed by atoms with Gasteiger partial charge < -0.3 is 10.1 Å². The van der Waals surface area contributed by atoms with Crippen LogP contribution in [0.2, 0.25) is 5.02 Å². The lowest BCUT2D eigenvalue weighted by Gasteiger charge is -2.09. The minimum atomic E-state index is -0.340. The van der Waals surface area contributed by atoms with Gasteiger partial charge in [-0.2, -0.15) is 5.10 Å². The SMILES string of the molecule is COc1ccc(/C=N/NC(=O)CCC(=O)Nc2cccc(Cl)c2C)cc1. The van der Waals surface area contributed by atoms with Gasteiger partial charge in [-0.3, -0.25) is 9.59 Å². The van der Waals surface area contributed by atoms with Crippen LogP contribution >= 0.6 is 11.6 Å². The Balaban J connectivity index is 1.76. The summed E-state index contributed by atoms with van der Waals surface area (Å²) in [5.74, 6) is 0.143. The highest BCUT2D eigenvalue weighted by Crippen LogP contribution is 2.23. The van der Waals surface area contributed by atoms with Crippen molar-refractivity contribution < 1.29 is 14.3 Å². The van der Waals surface area contributed by atoms with Gasteiger partial charge >= 0.3 is 0 Å². The zero-order valence-corrected chi connectivity index (χ0v) is 15.3. The second-order valence-corrected chi connectivity index (χ2v) is 5.93. The number of carbonyl (C=O) groups is 2. The summed E-state index contributed by atoms with van der Waals surface area (Å²) in [5, 5.41) is 7.19. The summed E-state index contributed by atoms with van der Waals surface area (Å²) in [5.41, 5.74) is 4.64.